The summed E-state index contributed by atoms with van der Waals surface area (Å²) in [4.78, 5) is 15.6. The zero-order chi connectivity index (χ0) is 35.7. The van der Waals surface area contributed by atoms with Crippen molar-refractivity contribution in [1.29, 1.82) is 0 Å². The van der Waals surface area contributed by atoms with Crippen LogP contribution in [0.25, 0.3) is 0 Å². The summed E-state index contributed by atoms with van der Waals surface area (Å²) in [7, 11) is 0. The van der Waals surface area contributed by atoms with Gasteiger partial charge in [0.1, 0.15) is 0 Å². The molecule has 0 aliphatic heterocycles. The van der Waals surface area contributed by atoms with Gasteiger partial charge in [0.25, 0.3) is 0 Å². The molecule has 6 heteroatoms. The van der Waals surface area contributed by atoms with Gasteiger partial charge in [0.05, 0.1) is 45.6 Å². The molecule has 0 aliphatic rings. The van der Waals surface area contributed by atoms with Gasteiger partial charge in [-0.3, -0.25) is 4.79 Å². The van der Waals surface area contributed by atoms with Crippen LogP contribution < -0.4 is 0 Å². The Morgan fingerprint density at radius 3 is 1.29 bits per heavy atom. The predicted octanol–water partition coefficient (Wildman–Crippen LogP) is 11.8. The van der Waals surface area contributed by atoms with Crippen molar-refractivity contribution < 1.29 is 24.1 Å². The van der Waals surface area contributed by atoms with Gasteiger partial charge in [-0.1, -0.05) is 175 Å². The molecule has 0 rings (SSSR count). The number of hydrogen-bond donors (Lipinski definition) is 1. The second kappa shape index (κ2) is 41.7. The van der Waals surface area contributed by atoms with Crippen molar-refractivity contribution in [3.05, 3.63) is 0 Å². The monoisotopic (exact) mass is 698 g/mol. The molecule has 1 atom stereocenters. The normalized spacial score (nSPS) is 12.3. The van der Waals surface area contributed by atoms with E-state index in [0.29, 0.717) is 26.4 Å². The summed E-state index contributed by atoms with van der Waals surface area (Å²) in [6, 6.07) is 0. The van der Waals surface area contributed by atoms with E-state index < -0.39 is 0 Å². The highest BCUT2D eigenvalue weighted by Gasteiger charge is 2.19. The van der Waals surface area contributed by atoms with Crippen LogP contribution in [-0.2, 0) is 19.0 Å². The van der Waals surface area contributed by atoms with Crippen LogP contribution in [0, 0.1) is 5.92 Å². The maximum Gasteiger partial charge on any atom is 0.308 e. The molecule has 6 nitrogen and oxygen atoms in total. The molecule has 1 unspecified atom stereocenters. The molecule has 1 N–H and O–H groups in total. The minimum Gasteiger partial charge on any atom is -0.465 e. The van der Waals surface area contributed by atoms with E-state index >= 15 is 0 Å². The molecule has 0 saturated carbocycles. The van der Waals surface area contributed by atoms with Crippen LogP contribution >= 0.6 is 0 Å². The smallest absolute Gasteiger partial charge is 0.308 e. The Labute approximate surface area is 306 Å². The van der Waals surface area contributed by atoms with Crippen molar-refractivity contribution in [2.45, 2.75) is 207 Å². The lowest BCUT2D eigenvalue weighted by Crippen LogP contribution is -2.30. The fraction of sp³-hybridized carbons (Fsp3) is 0.977. The molecule has 0 aromatic heterocycles. The first kappa shape index (κ1) is 48.3. The number of carbonyl (C=O) groups excluding carboxylic acids is 1. The van der Waals surface area contributed by atoms with Crippen molar-refractivity contribution in [2.75, 3.05) is 59.3 Å². The van der Waals surface area contributed by atoms with Gasteiger partial charge in [-0.2, -0.15) is 0 Å². The number of rotatable bonds is 42. The maximum absolute atomic E-state index is 13.0. The Hall–Kier alpha value is -0.690. The van der Waals surface area contributed by atoms with Gasteiger partial charge in [-0.05, 0) is 45.2 Å². The predicted molar refractivity (Wildman–Crippen MR) is 211 cm³/mol. The van der Waals surface area contributed by atoms with Crippen molar-refractivity contribution in [3.8, 4) is 0 Å². The second-order valence-corrected chi connectivity index (χ2v) is 14.7. The van der Waals surface area contributed by atoms with Crippen LogP contribution in [0.2, 0.25) is 0 Å². The number of nitrogens with zero attached hydrogens (tertiary/aromatic N) is 1. The van der Waals surface area contributed by atoms with E-state index in [0.717, 1.165) is 64.8 Å². The summed E-state index contributed by atoms with van der Waals surface area (Å²) in [6.07, 6.45) is 37.0. The quantitative estimate of drug-likeness (QED) is 0.0506. The topological polar surface area (TPSA) is 68.2 Å². The number of ether oxygens (including phenoxy) is 3. The zero-order valence-electron chi connectivity index (χ0n) is 33.5. The van der Waals surface area contributed by atoms with Gasteiger partial charge in [-0.15, -0.1) is 0 Å². The van der Waals surface area contributed by atoms with Gasteiger partial charge < -0.3 is 24.2 Å². The van der Waals surface area contributed by atoms with Gasteiger partial charge >= 0.3 is 5.97 Å². The fourth-order valence-corrected chi connectivity index (χ4v) is 6.72. The molecule has 0 aromatic rings. The highest BCUT2D eigenvalue weighted by atomic mass is 16.5. The fourth-order valence-electron chi connectivity index (χ4n) is 6.72. The van der Waals surface area contributed by atoms with Crippen molar-refractivity contribution in [3.63, 3.8) is 0 Å². The summed E-state index contributed by atoms with van der Waals surface area (Å²) in [5.41, 5.74) is 0. The van der Waals surface area contributed by atoms with E-state index in [1.54, 1.807) is 0 Å². The van der Waals surface area contributed by atoms with Gasteiger partial charge in [0.2, 0.25) is 0 Å². The van der Waals surface area contributed by atoms with Crippen LogP contribution in [0.3, 0.4) is 0 Å². The molecule has 0 saturated heterocycles. The highest BCUT2D eigenvalue weighted by Crippen LogP contribution is 2.21. The number of aliphatic hydroxyl groups is 1. The Kier molecular flexibility index (Phi) is 41.1. The second-order valence-electron chi connectivity index (χ2n) is 14.7. The summed E-state index contributed by atoms with van der Waals surface area (Å²) in [6.45, 7) is 12.9. The highest BCUT2D eigenvalue weighted by molar-refractivity contribution is 5.72. The minimum atomic E-state index is 0.0637. The van der Waals surface area contributed by atoms with E-state index in [2.05, 4.69) is 25.7 Å². The van der Waals surface area contributed by atoms with E-state index in [1.165, 1.54) is 148 Å². The molecule has 0 aliphatic carbocycles. The van der Waals surface area contributed by atoms with Gasteiger partial charge in [-0.25, -0.2) is 0 Å². The van der Waals surface area contributed by atoms with E-state index in [9.17, 15) is 4.79 Å². The summed E-state index contributed by atoms with van der Waals surface area (Å²) in [5.74, 6) is 0.171. The molecule has 294 valence electrons. The first-order chi connectivity index (χ1) is 24.2. The number of esters is 1. The van der Waals surface area contributed by atoms with Crippen molar-refractivity contribution in [1.82, 2.24) is 4.90 Å². The number of carbonyl (C=O) groups is 1. The molecule has 0 fully saturated rings. The lowest BCUT2D eigenvalue weighted by molar-refractivity contribution is -0.149. The van der Waals surface area contributed by atoms with Crippen LogP contribution in [0.5, 0.6) is 0 Å². The Bertz CT molecular complexity index is 633. The summed E-state index contributed by atoms with van der Waals surface area (Å²) >= 11 is 0. The molecule has 0 spiro atoms. The molecule has 0 bridgehead atoms. The zero-order valence-corrected chi connectivity index (χ0v) is 33.5. The van der Waals surface area contributed by atoms with Crippen LogP contribution in [0.4, 0.5) is 0 Å². The largest absolute Gasteiger partial charge is 0.465 e. The summed E-state index contributed by atoms with van der Waals surface area (Å²) in [5, 5.41) is 8.86. The molecular weight excluding hydrogens is 610 g/mol. The Morgan fingerprint density at radius 2 is 0.837 bits per heavy atom. The Balaban J connectivity index is 4.29. The van der Waals surface area contributed by atoms with Crippen molar-refractivity contribution >= 4 is 5.97 Å². The molecule has 0 amide bonds. The molecule has 0 radical (unpaired) electrons. The van der Waals surface area contributed by atoms with Crippen LogP contribution in [-0.4, -0.2) is 75.3 Å². The third-order valence-corrected chi connectivity index (χ3v) is 10.00. The lowest BCUT2D eigenvalue weighted by atomic mass is 9.94. The third kappa shape index (κ3) is 36.9. The SMILES string of the molecule is CCCCCCCCCCCCCCN(CCCCCCOC(=O)C(CCCCCCC)CCCCCCCC)CCOCCOCCO. The molecular formula is C43H87NO5. The molecule has 0 heterocycles. The van der Waals surface area contributed by atoms with Crippen LogP contribution in [0.1, 0.15) is 207 Å². The lowest BCUT2D eigenvalue weighted by Gasteiger charge is -2.22. The molecule has 0 aromatic carbocycles. The number of hydrogen-bond acceptors (Lipinski definition) is 6. The van der Waals surface area contributed by atoms with Crippen molar-refractivity contribution in [2.24, 2.45) is 5.92 Å². The maximum atomic E-state index is 13.0. The first-order valence-electron chi connectivity index (χ1n) is 21.8. The summed E-state index contributed by atoms with van der Waals surface area (Å²) < 4.78 is 17.0. The average molecular weight is 698 g/mol. The van der Waals surface area contributed by atoms with Crippen LogP contribution in [0.15, 0.2) is 0 Å². The minimum absolute atomic E-state index is 0.0637. The van der Waals surface area contributed by atoms with E-state index in [4.69, 9.17) is 19.3 Å². The van der Waals surface area contributed by atoms with E-state index in [-0.39, 0.29) is 18.5 Å². The molecule has 49 heavy (non-hydrogen) atoms. The van der Waals surface area contributed by atoms with E-state index in [1.807, 2.05) is 0 Å². The number of unbranched alkanes of at least 4 members (excludes halogenated alkanes) is 23. The van der Waals surface area contributed by atoms with Gasteiger partial charge in [0, 0.05) is 6.54 Å². The third-order valence-electron chi connectivity index (χ3n) is 10.00. The number of aliphatic hydroxyl groups excluding tert-OH is 1. The average Bonchev–Trinajstić information content (AvgIpc) is 3.11. The van der Waals surface area contributed by atoms with Gasteiger partial charge in [0.15, 0.2) is 0 Å². The standard InChI is InChI=1S/C43H87NO5/c1-4-7-10-13-15-16-17-18-19-20-23-28-33-44(35-38-47-40-41-48-39-36-45)34-29-24-25-30-37-49-43(46)42(31-26-21-12-9-6-3)32-27-22-14-11-8-5-2/h42,45H,4-41H2,1-3H3. The Morgan fingerprint density at radius 1 is 0.449 bits per heavy atom. The first-order valence-corrected chi connectivity index (χ1v) is 21.8.